The van der Waals surface area contributed by atoms with Crippen LogP contribution in [0.1, 0.15) is 23.2 Å². The third-order valence-corrected chi connectivity index (χ3v) is 3.52. The third-order valence-electron chi connectivity index (χ3n) is 3.52. The molecule has 1 aromatic carbocycles. The number of benzene rings is 1. The normalized spacial score (nSPS) is 13.6. The minimum Gasteiger partial charge on any atom is -0.466 e. The molecule has 1 aliphatic rings. The van der Waals surface area contributed by atoms with Gasteiger partial charge in [-0.25, -0.2) is 14.4 Å². The summed E-state index contributed by atoms with van der Waals surface area (Å²) in [7, 11) is 3.68. The minimum atomic E-state index is -0.744. The molecule has 8 nitrogen and oxygen atoms in total. The summed E-state index contributed by atoms with van der Waals surface area (Å²) < 4.78 is 13.9. The SMILES string of the molecule is COC(=O)/C=C(/Nc1cc(C(=O)OC)ccc1NC1CC1)C(=O)OC. The standard InChI is InChI=1S/C17H20N2O6/c1-23-15(20)9-14(17(22)25-3)19-13-8-10(16(21)24-2)4-7-12(13)18-11-5-6-11/h4,7-9,11,18-19H,5-6H2,1-3H3/b14-9+. The van der Waals surface area contributed by atoms with Crippen molar-refractivity contribution in [1.82, 2.24) is 0 Å². The lowest BCUT2D eigenvalue weighted by molar-refractivity contribution is -0.138. The highest BCUT2D eigenvalue weighted by molar-refractivity contribution is 6.00. The summed E-state index contributed by atoms with van der Waals surface area (Å²) in [6.07, 6.45) is 3.07. The number of hydrogen-bond donors (Lipinski definition) is 2. The molecule has 0 bridgehead atoms. The monoisotopic (exact) mass is 348 g/mol. The molecule has 1 fully saturated rings. The number of methoxy groups -OCH3 is 3. The number of anilines is 2. The van der Waals surface area contributed by atoms with Crippen molar-refractivity contribution in [3.05, 3.63) is 35.5 Å². The highest BCUT2D eigenvalue weighted by Gasteiger charge is 2.23. The second kappa shape index (κ2) is 8.18. The predicted octanol–water partition coefficient (Wildman–Crippen LogP) is 1.69. The van der Waals surface area contributed by atoms with E-state index in [4.69, 9.17) is 4.74 Å². The topological polar surface area (TPSA) is 103 Å². The zero-order valence-electron chi connectivity index (χ0n) is 14.3. The highest BCUT2D eigenvalue weighted by Crippen LogP contribution is 2.31. The van der Waals surface area contributed by atoms with Crippen LogP contribution in [0.15, 0.2) is 30.0 Å². The van der Waals surface area contributed by atoms with E-state index in [2.05, 4.69) is 20.1 Å². The smallest absolute Gasteiger partial charge is 0.354 e. The van der Waals surface area contributed by atoms with Gasteiger partial charge in [0.1, 0.15) is 5.70 Å². The lowest BCUT2D eigenvalue weighted by Crippen LogP contribution is -2.17. The lowest BCUT2D eigenvalue weighted by Gasteiger charge is -2.16. The van der Waals surface area contributed by atoms with Gasteiger partial charge in [-0.3, -0.25) is 0 Å². The molecule has 0 atom stereocenters. The van der Waals surface area contributed by atoms with Crippen molar-refractivity contribution in [3.63, 3.8) is 0 Å². The van der Waals surface area contributed by atoms with E-state index in [1.165, 1.54) is 27.4 Å². The van der Waals surface area contributed by atoms with Crippen molar-refractivity contribution in [3.8, 4) is 0 Å². The first-order valence-electron chi connectivity index (χ1n) is 7.62. The van der Waals surface area contributed by atoms with Gasteiger partial charge >= 0.3 is 17.9 Å². The summed E-state index contributed by atoms with van der Waals surface area (Å²) in [6.45, 7) is 0. The van der Waals surface area contributed by atoms with Gasteiger partial charge in [-0.15, -0.1) is 0 Å². The van der Waals surface area contributed by atoms with Crippen LogP contribution < -0.4 is 10.6 Å². The fourth-order valence-corrected chi connectivity index (χ4v) is 2.04. The van der Waals surface area contributed by atoms with E-state index in [1.807, 2.05) is 0 Å². The fraction of sp³-hybridized carbons (Fsp3) is 0.353. The van der Waals surface area contributed by atoms with Crippen LogP contribution >= 0.6 is 0 Å². The first-order valence-corrected chi connectivity index (χ1v) is 7.62. The number of rotatable bonds is 7. The van der Waals surface area contributed by atoms with Crippen LogP contribution in [0.5, 0.6) is 0 Å². The molecule has 2 rings (SSSR count). The minimum absolute atomic E-state index is 0.116. The second-order valence-electron chi connectivity index (χ2n) is 5.37. The Morgan fingerprint density at radius 1 is 1.04 bits per heavy atom. The van der Waals surface area contributed by atoms with Crippen molar-refractivity contribution in [1.29, 1.82) is 0 Å². The molecule has 134 valence electrons. The van der Waals surface area contributed by atoms with E-state index in [9.17, 15) is 14.4 Å². The average molecular weight is 348 g/mol. The summed E-state index contributed by atoms with van der Waals surface area (Å²) in [5.41, 5.74) is 1.31. The zero-order valence-corrected chi connectivity index (χ0v) is 14.3. The molecule has 0 saturated heterocycles. The Hall–Kier alpha value is -3.03. The number of esters is 3. The predicted molar refractivity (Wildman–Crippen MR) is 90.2 cm³/mol. The van der Waals surface area contributed by atoms with Crippen LogP contribution in [0.2, 0.25) is 0 Å². The van der Waals surface area contributed by atoms with Crippen molar-refractivity contribution >= 4 is 29.3 Å². The van der Waals surface area contributed by atoms with Crippen molar-refractivity contribution in [2.24, 2.45) is 0 Å². The Bertz CT molecular complexity index is 709. The van der Waals surface area contributed by atoms with Crippen LogP contribution in [0, 0.1) is 0 Å². The molecule has 0 radical (unpaired) electrons. The van der Waals surface area contributed by atoms with E-state index in [0.717, 1.165) is 18.9 Å². The summed E-state index contributed by atoms with van der Waals surface area (Å²) in [5, 5.41) is 6.12. The molecule has 0 spiro atoms. The van der Waals surface area contributed by atoms with E-state index in [1.54, 1.807) is 12.1 Å². The van der Waals surface area contributed by atoms with Crippen LogP contribution in [-0.4, -0.2) is 45.3 Å². The van der Waals surface area contributed by atoms with Gasteiger partial charge in [0, 0.05) is 6.04 Å². The van der Waals surface area contributed by atoms with Gasteiger partial charge in [0.15, 0.2) is 0 Å². The summed E-state index contributed by atoms with van der Waals surface area (Å²) in [4.78, 5) is 35.2. The third kappa shape index (κ3) is 4.97. The molecule has 0 unspecified atom stereocenters. The van der Waals surface area contributed by atoms with Crippen LogP contribution in [0.3, 0.4) is 0 Å². The first-order chi connectivity index (χ1) is 12.0. The fourth-order valence-electron chi connectivity index (χ4n) is 2.04. The number of carbonyl (C=O) groups excluding carboxylic acids is 3. The average Bonchev–Trinajstić information content (AvgIpc) is 3.44. The molecule has 0 aromatic heterocycles. The molecule has 0 heterocycles. The number of ether oxygens (including phenoxy) is 3. The molecule has 0 amide bonds. The quantitative estimate of drug-likeness (QED) is 0.436. The van der Waals surface area contributed by atoms with E-state index in [0.29, 0.717) is 23.0 Å². The maximum absolute atomic E-state index is 11.9. The van der Waals surface area contributed by atoms with Gasteiger partial charge < -0.3 is 24.8 Å². The number of nitrogens with one attached hydrogen (secondary N) is 2. The molecular formula is C17H20N2O6. The maximum Gasteiger partial charge on any atom is 0.354 e. The van der Waals surface area contributed by atoms with E-state index < -0.39 is 17.9 Å². The van der Waals surface area contributed by atoms with Gasteiger partial charge in [-0.05, 0) is 31.0 Å². The van der Waals surface area contributed by atoms with Gasteiger partial charge in [0.25, 0.3) is 0 Å². The van der Waals surface area contributed by atoms with Gasteiger partial charge in [0.2, 0.25) is 0 Å². The second-order valence-corrected chi connectivity index (χ2v) is 5.37. The first kappa shape index (κ1) is 18.3. The van der Waals surface area contributed by atoms with Crippen LogP contribution in [-0.2, 0) is 23.8 Å². The summed E-state index contributed by atoms with van der Waals surface area (Å²) in [6, 6.07) is 5.20. The van der Waals surface area contributed by atoms with Crippen molar-refractivity contribution in [2.75, 3.05) is 32.0 Å². The molecule has 2 N–H and O–H groups in total. The zero-order chi connectivity index (χ0) is 18.4. The molecule has 1 saturated carbocycles. The Kier molecular flexibility index (Phi) is 5.99. The van der Waals surface area contributed by atoms with Gasteiger partial charge in [0.05, 0.1) is 44.3 Å². The summed E-state index contributed by atoms with van der Waals surface area (Å²) in [5.74, 6) is -1.97. The number of hydrogen-bond acceptors (Lipinski definition) is 8. The Labute approximate surface area is 145 Å². The van der Waals surface area contributed by atoms with E-state index in [-0.39, 0.29) is 5.70 Å². The molecule has 25 heavy (non-hydrogen) atoms. The molecular weight excluding hydrogens is 328 g/mol. The Morgan fingerprint density at radius 3 is 2.32 bits per heavy atom. The molecule has 1 aliphatic carbocycles. The van der Waals surface area contributed by atoms with Crippen molar-refractivity contribution < 1.29 is 28.6 Å². The number of carbonyl (C=O) groups is 3. The van der Waals surface area contributed by atoms with Gasteiger partial charge in [-0.2, -0.15) is 0 Å². The largest absolute Gasteiger partial charge is 0.466 e. The molecule has 1 aromatic rings. The maximum atomic E-state index is 11.9. The molecule has 0 aliphatic heterocycles. The summed E-state index contributed by atoms with van der Waals surface area (Å²) >= 11 is 0. The Balaban J connectivity index is 2.37. The Morgan fingerprint density at radius 2 is 1.76 bits per heavy atom. The van der Waals surface area contributed by atoms with E-state index >= 15 is 0 Å². The molecule has 8 heteroatoms. The van der Waals surface area contributed by atoms with Crippen molar-refractivity contribution in [2.45, 2.75) is 18.9 Å². The van der Waals surface area contributed by atoms with Crippen LogP contribution in [0.25, 0.3) is 0 Å². The van der Waals surface area contributed by atoms with Gasteiger partial charge in [-0.1, -0.05) is 0 Å². The highest BCUT2D eigenvalue weighted by atomic mass is 16.5. The van der Waals surface area contributed by atoms with Crippen LogP contribution in [0.4, 0.5) is 11.4 Å². The lowest BCUT2D eigenvalue weighted by atomic mass is 10.1.